The van der Waals surface area contributed by atoms with Crippen LogP contribution in [0.5, 0.6) is 0 Å². The number of hydrogen-bond acceptors (Lipinski definition) is 2. The molecule has 0 aromatic carbocycles. The lowest BCUT2D eigenvalue weighted by Gasteiger charge is -2.36. The first-order valence-electron chi connectivity index (χ1n) is 5.89. The van der Waals surface area contributed by atoms with Crippen LogP contribution in [0.4, 0.5) is 8.78 Å². The Labute approximate surface area is 93.4 Å². The Kier molecular flexibility index (Phi) is 3.08. The molecule has 2 fully saturated rings. The third-order valence-electron chi connectivity index (χ3n) is 4.15. The molecule has 90 valence electrons. The smallest absolute Gasteiger partial charge is 0.296 e. The standard InChI is InChI=1S/C12H16F2O2/c13-11(14)10(16)8-7-12(4-1-2-5-12)6-3-9(8)15/h8,11H,1-7H2. The van der Waals surface area contributed by atoms with Gasteiger partial charge in [0.25, 0.3) is 6.43 Å². The van der Waals surface area contributed by atoms with E-state index in [1.165, 1.54) is 0 Å². The molecule has 0 aromatic heterocycles. The Morgan fingerprint density at radius 2 is 1.88 bits per heavy atom. The highest BCUT2D eigenvalue weighted by Crippen LogP contribution is 2.50. The summed E-state index contributed by atoms with van der Waals surface area (Å²) >= 11 is 0. The average Bonchev–Trinajstić information content (AvgIpc) is 2.70. The maximum Gasteiger partial charge on any atom is 0.296 e. The summed E-state index contributed by atoms with van der Waals surface area (Å²) in [6, 6.07) is 0. The summed E-state index contributed by atoms with van der Waals surface area (Å²) in [5.74, 6) is -2.45. The Bertz CT molecular complexity index is 306. The number of hydrogen-bond donors (Lipinski definition) is 0. The van der Waals surface area contributed by atoms with Gasteiger partial charge in [-0.15, -0.1) is 0 Å². The Hall–Kier alpha value is -0.800. The van der Waals surface area contributed by atoms with Crippen molar-refractivity contribution < 1.29 is 18.4 Å². The van der Waals surface area contributed by atoms with E-state index < -0.39 is 18.1 Å². The summed E-state index contributed by atoms with van der Waals surface area (Å²) in [5.41, 5.74) is 0.0170. The van der Waals surface area contributed by atoms with Gasteiger partial charge < -0.3 is 0 Å². The highest BCUT2D eigenvalue weighted by Gasteiger charge is 2.45. The van der Waals surface area contributed by atoms with E-state index in [4.69, 9.17) is 0 Å². The van der Waals surface area contributed by atoms with E-state index in [1.54, 1.807) is 0 Å². The molecule has 16 heavy (non-hydrogen) atoms. The highest BCUT2D eigenvalue weighted by molar-refractivity contribution is 6.04. The van der Waals surface area contributed by atoms with Gasteiger partial charge in [-0.1, -0.05) is 12.8 Å². The molecule has 1 atom stereocenters. The number of Topliss-reactive ketones (excluding diaryl/α,β-unsaturated/α-hetero) is 2. The molecule has 0 bridgehead atoms. The van der Waals surface area contributed by atoms with Crippen LogP contribution in [-0.2, 0) is 9.59 Å². The van der Waals surface area contributed by atoms with Crippen LogP contribution < -0.4 is 0 Å². The van der Waals surface area contributed by atoms with Crippen LogP contribution in [0.2, 0.25) is 0 Å². The summed E-state index contributed by atoms with van der Waals surface area (Å²) in [6.07, 6.45) is 2.66. The number of rotatable bonds is 2. The van der Waals surface area contributed by atoms with Crippen molar-refractivity contribution in [2.45, 2.75) is 51.4 Å². The van der Waals surface area contributed by atoms with E-state index in [-0.39, 0.29) is 11.2 Å². The molecule has 2 aliphatic carbocycles. The summed E-state index contributed by atoms with van der Waals surface area (Å²) in [5, 5.41) is 0. The van der Waals surface area contributed by atoms with E-state index in [1.807, 2.05) is 0 Å². The van der Waals surface area contributed by atoms with Gasteiger partial charge in [0.1, 0.15) is 5.78 Å². The molecule has 0 radical (unpaired) electrons. The topological polar surface area (TPSA) is 34.1 Å². The molecule has 0 N–H and O–H groups in total. The van der Waals surface area contributed by atoms with Crippen molar-refractivity contribution in [3.63, 3.8) is 0 Å². The fourth-order valence-electron chi connectivity index (χ4n) is 3.20. The number of ketones is 2. The van der Waals surface area contributed by atoms with Crippen LogP contribution in [0.1, 0.15) is 44.9 Å². The van der Waals surface area contributed by atoms with Gasteiger partial charge in [-0.2, -0.15) is 0 Å². The first-order chi connectivity index (χ1) is 7.54. The normalized spacial score (nSPS) is 28.9. The molecule has 0 saturated heterocycles. The van der Waals surface area contributed by atoms with Crippen molar-refractivity contribution in [3.8, 4) is 0 Å². The first-order valence-corrected chi connectivity index (χ1v) is 5.89. The second-order valence-corrected chi connectivity index (χ2v) is 5.13. The van der Waals surface area contributed by atoms with Gasteiger partial charge in [0, 0.05) is 6.42 Å². The second-order valence-electron chi connectivity index (χ2n) is 5.13. The van der Waals surface area contributed by atoms with Crippen molar-refractivity contribution >= 4 is 11.6 Å². The lowest BCUT2D eigenvalue weighted by Crippen LogP contribution is -2.39. The van der Waals surface area contributed by atoms with Gasteiger partial charge in [0.2, 0.25) is 5.78 Å². The molecule has 1 spiro atoms. The van der Waals surface area contributed by atoms with E-state index in [9.17, 15) is 18.4 Å². The maximum absolute atomic E-state index is 12.4. The van der Waals surface area contributed by atoms with Gasteiger partial charge >= 0.3 is 0 Å². The van der Waals surface area contributed by atoms with Crippen molar-refractivity contribution in [1.29, 1.82) is 0 Å². The van der Waals surface area contributed by atoms with Crippen molar-refractivity contribution in [3.05, 3.63) is 0 Å². The van der Waals surface area contributed by atoms with Crippen LogP contribution in [-0.4, -0.2) is 18.0 Å². The highest BCUT2D eigenvalue weighted by atomic mass is 19.3. The van der Waals surface area contributed by atoms with Crippen molar-refractivity contribution in [1.82, 2.24) is 0 Å². The van der Waals surface area contributed by atoms with Gasteiger partial charge in [-0.3, -0.25) is 9.59 Å². The quantitative estimate of drug-likeness (QED) is 0.683. The van der Waals surface area contributed by atoms with Gasteiger partial charge in [0.15, 0.2) is 0 Å². The molecule has 0 aliphatic heterocycles. The molecule has 0 amide bonds. The number of halogens is 2. The minimum atomic E-state index is -2.99. The fraction of sp³-hybridized carbons (Fsp3) is 0.833. The summed E-state index contributed by atoms with van der Waals surface area (Å²) in [6.45, 7) is 0. The van der Waals surface area contributed by atoms with Crippen LogP contribution >= 0.6 is 0 Å². The monoisotopic (exact) mass is 230 g/mol. The van der Waals surface area contributed by atoms with Crippen LogP contribution in [0.25, 0.3) is 0 Å². The zero-order valence-electron chi connectivity index (χ0n) is 9.18. The second kappa shape index (κ2) is 4.22. The minimum Gasteiger partial charge on any atom is -0.299 e. The molecule has 2 nitrogen and oxygen atoms in total. The number of carbonyl (C=O) groups is 2. The van der Waals surface area contributed by atoms with Crippen LogP contribution in [0.3, 0.4) is 0 Å². The summed E-state index contributed by atoms with van der Waals surface area (Å²) in [7, 11) is 0. The SMILES string of the molecule is O=C1CCC2(CCCC2)CC1C(=O)C(F)F. The Morgan fingerprint density at radius 3 is 2.44 bits per heavy atom. The van der Waals surface area contributed by atoms with Gasteiger partial charge in [-0.05, 0) is 31.1 Å². The first kappa shape index (κ1) is 11.7. The number of carbonyl (C=O) groups excluding carboxylic acids is 2. The Morgan fingerprint density at radius 1 is 1.25 bits per heavy atom. The molecule has 0 aromatic rings. The molecule has 1 unspecified atom stereocenters. The summed E-state index contributed by atoms with van der Waals surface area (Å²) < 4.78 is 24.7. The predicted octanol–water partition coefficient (Wildman–Crippen LogP) is 2.75. The third kappa shape index (κ3) is 2.02. The van der Waals surface area contributed by atoms with Gasteiger partial charge in [0.05, 0.1) is 5.92 Å². The molecule has 2 saturated carbocycles. The predicted molar refractivity (Wildman–Crippen MR) is 54.3 cm³/mol. The lowest BCUT2D eigenvalue weighted by atomic mass is 9.67. The van der Waals surface area contributed by atoms with E-state index in [0.717, 1.165) is 32.1 Å². The van der Waals surface area contributed by atoms with E-state index in [0.29, 0.717) is 12.8 Å². The van der Waals surface area contributed by atoms with Crippen LogP contribution in [0, 0.1) is 11.3 Å². The van der Waals surface area contributed by atoms with Crippen LogP contribution in [0.15, 0.2) is 0 Å². The molecule has 2 aliphatic rings. The Balaban J connectivity index is 2.11. The largest absolute Gasteiger partial charge is 0.299 e. The zero-order chi connectivity index (χ0) is 11.8. The fourth-order valence-corrected chi connectivity index (χ4v) is 3.20. The molecular formula is C12H16F2O2. The minimum absolute atomic E-state index is 0.0170. The van der Waals surface area contributed by atoms with Crippen molar-refractivity contribution in [2.75, 3.05) is 0 Å². The molecule has 2 rings (SSSR count). The van der Waals surface area contributed by atoms with Gasteiger partial charge in [-0.25, -0.2) is 8.78 Å². The average molecular weight is 230 g/mol. The lowest BCUT2D eigenvalue weighted by molar-refractivity contribution is -0.144. The molecule has 4 heteroatoms. The summed E-state index contributed by atoms with van der Waals surface area (Å²) in [4.78, 5) is 22.8. The van der Waals surface area contributed by atoms with E-state index >= 15 is 0 Å². The van der Waals surface area contributed by atoms with E-state index in [2.05, 4.69) is 0 Å². The molecule has 0 heterocycles. The molecular weight excluding hydrogens is 214 g/mol. The zero-order valence-corrected chi connectivity index (χ0v) is 9.18. The number of alkyl halides is 2. The van der Waals surface area contributed by atoms with Crippen molar-refractivity contribution in [2.24, 2.45) is 11.3 Å². The maximum atomic E-state index is 12.4. The third-order valence-corrected chi connectivity index (χ3v) is 4.15.